The second kappa shape index (κ2) is 3.00. The number of hydrogen-bond acceptors (Lipinski definition) is 2. The van der Waals surface area contributed by atoms with Crippen LogP contribution < -0.4 is 0 Å². The molecule has 0 spiro atoms. The minimum atomic E-state index is 0.926. The van der Waals surface area contributed by atoms with Crippen LogP contribution in [0.15, 0.2) is 28.1 Å². The third kappa shape index (κ3) is 1.67. The summed E-state index contributed by atoms with van der Waals surface area (Å²) in [6, 6.07) is 0. The van der Waals surface area contributed by atoms with Gasteiger partial charge >= 0.3 is 0 Å². The molecular formula is C7H8N2. The van der Waals surface area contributed by atoms with Crippen LogP contribution in [0.3, 0.4) is 0 Å². The maximum absolute atomic E-state index is 4.04. The van der Waals surface area contributed by atoms with Gasteiger partial charge in [0.05, 0.1) is 18.1 Å². The van der Waals surface area contributed by atoms with E-state index in [1.165, 1.54) is 0 Å². The summed E-state index contributed by atoms with van der Waals surface area (Å²) in [7, 11) is 0. The molecule has 0 N–H and O–H groups in total. The fourth-order valence-corrected chi connectivity index (χ4v) is 0.536. The average molecular weight is 120 g/mol. The van der Waals surface area contributed by atoms with E-state index in [-0.39, 0.29) is 0 Å². The quantitative estimate of drug-likeness (QED) is 0.469. The summed E-state index contributed by atoms with van der Waals surface area (Å²) < 4.78 is 0. The third-order valence-electron chi connectivity index (χ3n) is 1.04. The van der Waals surface area contributed by atoms with E-state index in [0.29, 0.717) is 0 Å². The summed E-state index contributed by atoms with van der Waals surface area (Å²) in [5, 5.41) is 0. The van der Waals surface area contributed by atoms with E-state index < -0.39 is 0 Å². The lowest BCUT2D eigenvalue weighted by molar-refractivity contribution is 1.29. The fraction of sp³-hybridized carbons (Fsp3) is 0.286. The van der Waals surface area contributed by atoms with Crippen LogP contribution in [0.5, 0.6) is 0 Å². The molecule has 1 rings (SSSR count). The zero-order valence-corrected chi connectivity index (χ0v) is 5.33. The van der Waals surface area contributed by atoms with Gasteiger partial charge in [0, 0.05) is 6.21 Å². The molecule has 0 unspecified atom stereocenters. The van der Waals surface area contributed by atoms with Gasteiger partial charge in [-0.3, -0.25) is 9.98 Å². The standard InChI is InChI=1S/C7H8N2/c1-2-7-6-8-4-3-5-9-7/h4-6H,2H2,1H3. The predicted octanol–water partition coefficient (Wildman–Crippen LogP) is 1.55. The van der Waals surface area contributed by atoms with E-state index in [0.717, 1.165) is 12.1 Å². The van der Waals surface area contributed by atoms with E-state index in [1.807, 2.05) is 6.92 Å². The minimum Gasteiger partial charge on any atom is -0.254 e. The van der Waals surface area contributed by atoms with Crippen molar-refractivity contribution in [2.75, 3.05) is 0 Å². The van der Waals surface area contributed by atoms with Crippen molar-refractivity contribution in [3.63, 3.8) is 0 Å². The van der Waals surface area contributed by atoms with Crippen molar-refractivity contribution in [1.29, 1.82) is 0 Å². The van der Waals surface area contributed by atoms with Crippen molar-refractivity contribution in [2.45, 2.75) is 13.3 Å². The van der Waals surface area contributed by atoms with Crippen LogP contribution >= 0.6 is 0 Å². The Morgan fingerprint density at radius 2 is 2.44 bits per heavy atom. The van der Waals surface area contributed by atoms with Gasteiger partial charge in [-0.2, -0.15) is 0 Å². The second-order valence-electron chi connectivity index (χ2n) is 1.68. The predicted molar refractivity (Wildman–Crippen MR) is 38.9 cm³/mol. The Hall–Kier alpha value is -1.14. The summed E-state index contributed by atoms with van der Waals surface area (Å²) in [5.41, 5.74) is 3.77. The van der Waals surface area contributed by atoms with Gasteiger partial charge in [-0.25, -0.2) is 0 Å². The smallest absolute Gasteiger partial charge is 0.0706 e. The van der Waals surface area contributed by atoms with Gasteiger partial charge in [-0.05, 0) is 6.42 Å². The first kappa shape index (κ1) is 5.99. The molecule has 0 aliphatic carbocycles. The Balaban J connectivity index is 2.78. The molecule has 1 aliphatic rings. The maximum Gasteiger partial charge on any atom is 0.0706 e. The number of nitrogens with zero attached hydrogens (tertiary/aromatic N) is 2. The van der Waals surface area contributed by atoms with Crippen molar-refractivity contribution in [1.82, 2.24) is 0 Å². The van der Waals surface area contributed by atoms with Crippen molar-refractivity contribution in [3.05, 3.63) is 18.1 Å². The SMILES string of the molecule is CCC1=NC=C=CN=C1. The minimum absolute atomic E-state index is 0.926. The molecule has 46 valence electrons. The van der Waals surface area contributed by atoms with Gasteiger partial charge in [0.15, 0.2) is 0 Å². The van der Waals surface area contributed by atoms with E-state index in [4.69, 9.17) is 0 Å². The molecule has 0 saturated heterocycles. The molecular weight excluding hydrogens is 112 g/mol. The van der Waals surface area contributed by atoms with Crippen LogP contribution in [0.4, 0.5) is 0 Å². The highest BCUT2D eigenvalue weighted by atomic mass is 14.8. The molecule has 0 amide bonds. The van der Waals surface area contributed by atoms with Crippen LogP contribution in [0.2, 0.25) is 0 Å². The molecule has 2 nitrogen and oxygen atoms in total. The van der Waals surface area contributed by atoms with Crippen molar-refractivity contribution in [3.8, 4) is 0 Å². The summed E-state index contributed by atoms with van der Waals surface area (Å²) in [5.74, 6) is 0. The van der Waals surface area contributed by atoms with Crippen LogP contribution in [0, 0.1) is 0 Å². The maximum atomic E-state index is 4.04. The molecule has 0 bridgehead atoms. The normalized spacial score (nSPS) is 15.4. The highest BCUT2D eigenvalue weighted by Gasteiger charge is 1.87. The van der Waals surface area contributed by atoms with Crippen molar-refractivity contribution in [2.24, 2.45) is 9.98 Å². The van der Waals surface area contributed by atoms with Crippen LogP contribution in [-0.4, -0.2) is 11.9 Å². The zero-order valence-electron chi connectivity index (χ0n) is 5.33. The van der Waals surface area contributed by atoms with Gasteiger partial charge in [-0.15, -0.1) is 0 Å². The van der Waals surface area contributed by atoms with Crippen molar-refractivity contribution < 1.29 is 0 Å². The molecule has 1 aliphatic heterocycles. The molecule has 0 aromatic carbocycles. The van der Waals surface area contributed by atoms with Gasteiger partial charge in [0.25, 0.3) is 0 Å². The summed E-state index contributed by atoms with van der Waals surface area (Å²) in [6.45, 7) is 2.05. The lowest BCUT2D eigenvalue weighted by atomic mass is 10.3. The first-order valence-electron chi connectivity index (χ1n) is 2.92. The topological polar surface area (TPSA) is 24.7 Å². The number of aliphatic imine (C=N–C) groups is 2. The number of hydrogen-bond donors (Lipinski definition) is 0. The Kier molecular flexibility index (Phi) is 2.00. The lowest BCUT2D eigenvalue weighted by Crippen LogP contribution is -1.94. The average Bonchev–Trinajstić information content (AvgIpc) is 2.13. The molecule has 0 aromatic rings. The molecule has 0 fully saturated rings. The second-order valence-corrected chi connectivity index (χ2v) is 1.68. The van der Waals surface area contributed by atoms with E-state index in [2.05, 4.69) is 15.7 Å². The first-order chi connectivity index (χ1) is 4.43. The van der Waals surface area contributed by atoms with Gasteiger partial charge in [-0.1, -0.05) is 12.7 Å². The fourth-order valence-electron chi connectivity index (χ4n) is 0.536. The molecule has 0 saturated carbocycles. The van der Waals surface area contributed by atoms with Crippen LogP contribution in [0.25, 0.3) is 0 Å². The van der Waals surface area contributed by atoms with Gasteiger partial charge in [0.1, 0.15) is 0 Å². The molecule has 0 radical (unpaired) electrons. The Morgan fingerprint density at radius 3 is 3.22 bits per heavy atom. The van der Waals surface area contributed by atoms with E-state index >= 15 is 0 Å². The molecule has 0 atom stereocenters. The summed E-state index contributed by atoms with van der Waals surface area (Å²) in [4.78, 5) is 7.94. The lowest BCUT2D eigenvalue weighted by Gasteiger charge is -1.86. The van der Waals surface area contributed by atoms with Crippen LogP contribution in [-0.2, 0) is 0 Å². The largest absolute Gasteiger partial charge is 0.254 e. The number of rotatable bonds is 1. The highest BCUT2D eigenvalue weighted by molar-refractivity contribution is 6.30. The Labute approximate surface area is 54.3 Å². The Bertz CT molecular complexity index is 205. The van der Waals surface area contributed by atoms with Crippen LogP contribution in [0.1, 0.15) is 13.3 Å². The third-order valence-corrected chi connectivity index (χ3v) is 1.04. The van der Waals surface area contributed by atoms with Crippen molar-refractivity contribution >= 4 is 11.9 Å². The summed E-state index contributed by atoms with van der Waals surface area (Å²) in [6.07, 6.45) is 5.91. The van der Waals surface area contributed by atoms with E-state index in [9.17, 15) is 0 Å². The highest BCUT2D eigenvalue weighted by Crippen LogP contribution is 1.87. The van der Waals surface area contributed by atoms with Gasteiger partial charge in [0.2, 0.25) is 0 Å². The van der Waals surface area contributed by atoms with E-state index in [1.54, 1.807) is 18.6 Å². The molecule has 2 heteroatoms. The monoisotopic (exact) mass is 120 g/mol. The zero-order chi connectivity index (χ0) is 6.53. The summed E-state index contributed by atoms with van der Waals surface area (Å²) >= 11 is 0. The molecule has 0 aromatic heterocycles. The Morgan fingerprint density at radius 1 is 1.56 bits per heavy atom. The molecule has 1 heterocycles. The van der Waals surface area contributed by atoms with Gasteiger partial charge < -0.3 is 0 Å². The molecule has 9 heavy (non-hydrogen) atoms. The first-order valence-corrected chi connectivity index (χ1v) is 2.92.